The smallest absolute Gasteiger partial charge is 0.243 e. The number of hydrogen-bond donors (Lipinski definition) is 2. The van der Waals surface area contributed by atoms with E-state index in [0.29, 0.717) is 6.42 Å². The summed E-state index contributed by atoms with van der Waals surface area (Å²) < 4.78 is 0. The minimum Gasteiger partial charge on any atom is -0.344 e. The van der Waals surface area contributed by atoms with Crippen LogP contribution in [0.25, 0.3) is 0 Å². The SMILES string of the molecule is C=CC(=O)CC[C@H](NC(=O)[C@H](Cc1ccccc1)NC(C)=O)C(C)=O. The van der Waals surface area contributed by atoms with Crippen molar-refractivity contribution in [2.75, 3.05) is 0 Å². The van der Waals surface area contributed by atoms with Crippen LogP contribution in [0.3, 0.4) is 0 Å². The lowest BCUT2D eigenvalue weighted by Crippen LogP contribution is -2.51. The minimum atomic E-state index is -0.795. The van der Waals surface area contributed by atoms with Crippen LogP contribution in [0, 0.1) is 0 Å². The molecule has 0 radical (unpaired) electrons. The van der Waals surface area contributed by atoms with Crippen LogP contribution in [0.2, 0.25) is 0 Å². The Bertz CT molecular complexity index is 640. The summed E-state index contributed by atoms with van der Waals surface area (Å²) in [4.78, 5) is 47.0. The van der Waals surface area contributed by atoms with Gasteiger partial charge in [-0.2, -0.15) is 0 Å². The fourth-order valence-corrected chi connectivity index (χ4v) is 2.34. The molecule has 2 atom stereocenters. The van der Waals surface area contributed by atoms with Crippen molar-refractivity contribution >= 4 is 23.4 Å². The number of allylic oxidation sites excluding steroid dienone is 1. The quantitative estimate of drug-likeness (QED) is 0.627. The van der Waals surface area contributed by atoms with E-state index in [4.69, 9.17) is 0 Å². The van der Waals surface area contributed by atoms with Gasteiger partial charge in [-0.15, -0.1) is 0 Å². The van der Waals surface area contributed by atoms with Crippen LogP contribution in [0.1, 0.15) is 32.3 Å². The first-order valence-corrected chi connectivity index (χ1v) is 8.10. The highest BCUT2D eigenvalue weighted by atomic mass is 16.2. The van der Waals surface area contributed by atoms with Gasteiger partial charge in [0.2, 0.25) is 11.8 Å². The van der Waals surface area contributed by atoms with E-state index in [1.807, 2.05) is 30.3 Å². The molecule has 0 bridgehead atoms. The van der Waals surface area contributed by atoms with Gasteiger partial charge < -0.3 is 10.6 Å². The summed E-state index contributed by atoms with van der Waals surface area (Å²) in [6.45, 7) is 6.07. The summed E-state index contributed by atoms with van der Waals surface area (Å²) in [5.41, 5.74) is 0.887. The second kappa shape index (κ2) is 10.2. The van der Waals surface area contributed by atoms with Gasteiger partial charge in [0.25, 0.3) is 0 Å². The van der Waals surface area contributed by atoms with Gasteiger partial charge in [-0.25, -0.2) is 0 Å². The molecule has 25 heavy (non-hydrogen) atoms. The number of hydrogen-bond acceptors (Lipinski definition) is 4. The molecule has 0 aromatic heterocycles. The molecule has 1 rings (SSSR count). The number of rotatable bonds is 10. The maximum Gasteiger partial charge on any atom is 0.243 e. The number of ketones is 2. The van der Waals surface area contributed by atoms with Crippen molar-refractivity contribution < 1.29 is 19.2 Å². The highest BCUT2D eigenvalue weighted by Crippen LogP contribution is 2.06. The number of amides is 2. The Morgan fingerprint density at radius 3 is 2.20 bits per heavy atom. The van der Waals surface area contributed by atoms with Gasteiger partial charge in [0.05, 0.1) is 6.04 Å². The van der Waals surface area contributed by atoms with Gasteiger partial charge in [-0.1, -0.05) is 36.9 Å². The summed E-state index contributed by atoms with van der Waals surface area (Å²) in [6.07, 6.45) is 1.82. The van der Waals surface area contributed by atoms with E-state index in [1.165, 1.54) is 19.9 Å². The predicted molar refractivity (Wildman–Crippen MR) is 94.8 cm³/mol. The third kappa shape index (κ3) is 7.56. The molecule has 0 aliphatic carbocycles. The molecule has 0 aliphatic heterocycles. The van der Waals surface area contributed by atoms with Gasteiger partial charge in [-0.3, -0.25) is 19.2 Å². The molecule has 0 fully saturated rings. The van der Waals surface area contributed by atoms with Gasteiger partial charge in [0, 0.05) is 19.8 Å². The fraction of sp³-hybridized carbons (Fsp3) is 0.368. The first-order chi connectivity index (χ1) is 11.8. The second-order valence-electron chi connectivity index (χ2n) is 5.82. The van der Waals surface area contributed by atoms with Gasteiger partial charge >= 0.3 is 0 Å². The first-order valence-electron chi connectivity index (χ1n) is 8.10. The van der Waals surface area contributed by atoms with E-state index in [-0.39, 0.29) is 30.3 Å². The highest BCUT2D eigenvalue weighted by molar-refractivity contribution is 5.93. The average molecular weight is 344 g/mol. The van der Waals surface area contributed by atoms with Crippen LogP contribution in [0.5, 0.6) is 0 Å². The Balaban J connectivity index is 2.80. The lowest BCUT2D eigenvalue weighted by atomic mass is 10.0. The van der Waals surface area contributed by atoms with Crippen LogP contribution in [0.15, 0.2) is 43.0 Å². The van der Waals surface area contributed by atoms with Crippen LogP contribution in [0.4, 0.5) is 0 Å². The summed E-state index contributed by atoms with van der Waals surface area (Å²) in [6, 6.07) is 7.69. The van der Waals surface area contributed by atoms with Crippen molar-refractivity contribution in [2.24, 2.45) is 0 Å². The molecule has 0 heterocycles. The molecule has 2 N–H and O–H groups in total. The Morgan fingerprint density at radius 1 is 1.04 bits per heavy atom. The van der Waals surface area contributed by atoms with Crippen LogP contribution in [-0.4, -0.2) is 35.5 Å². The molecule has 0 spiro atoms. The Hall–Kier alpha value is -2.76. The topological polar surface area (TPSA) is 92.3 Å². The molecule has 0 saturated heterocycles. The standard InChI is InChI=1S/C19H24N2O4/c1-4-16(24)10-11-17(13(2)22)21-19(25)18(20-14(3)23)12-15-8-6-5-7-9-15/h4-9,17-18H,1,10-12H2,2-3H3,(H,20,23)(H,21,25)/t17-,18-/m0/s1. The third-order valence-electron chi connectivity index (χ3n) is 3.69. The number of carbonyl (C=O) groups is 4. The van der Waals surface area contributed by atoms with Crippen LogP contribution >= 0.6 is 0 Å². The van der Waals surface area contributed by atoms with Gasteiger partial charge in [0.1, 0.15) is 6.04 Å². The lowest BCUT2D eigenvalue weighted by Gasteiger charge is -2.21. The highest BCUT2D eigenvalue weighted by Gasteiger charge is 2.24. The molecule has 1 aromatic rings. The average Bonchev–Trinajstić information content (AvgIpc) is 2.57. The van der Waals surface area contributed by atoms with Crippen molar-refractivity contribution in [3.05, 3.63) is 48.6 Å². The number of Topliss-reactive ketones (excluding diaryl/α,β-unsaturated/α-hetero) is 1. The molecule has 134 valence electrons. The molecular formula is C19H24N2O4. The molecule has 1 aromatic carbocycles. The van der Waals surface area contributed by atoms with Gasteiger partial charge in [0.15, 0.2) is 11.6 Å². The first kappa shape index (κ1) is 20.3. The van der Waals surface area contributed by atoms with Gasteiger partial charge in [-0.05, 0) is 25.0 Å². The normalized spacial score (nSPS) is 12.6. The summed E-state index contributed by atoms with van der Waals surface area (Å²) in [5.74, 6) is -1.22. The summed E-state index contributed by atoms with van der Waals surface area (Å²) >= 11 is 0. The largest absolute Gasteiger partial charge is 0.344 e. The van der Waals surface area contributed by atoms with E-state index in [0.717, 1.165) is 5.56 Å². The van der Waals surface area contributed by atoms with Crippen molar-refractivity contribution in [3.63, 3.8) is 0 Å². The Labute approximate surface area is 147 Å². The van der Waals surface area contributed by atoms with E-state index in [2.05, 4.69) is 17.2 Å². The van der Waals surface area contributed by atoms with E-state index in [9.17, 15) is 19.2 Å². The Morgan fingerprint density at radius 2 is 1.68 bits per heavy atom. The second-order valence-corrected chi connectivity index (χ2v) is 5.82. The van der Waals surface area contributed by atoms with Crippen molar-refractivity contribution in [2.45, 2.75) is 45.2 Å². The van der Waals surface area contributed by atoms with Crippen LogP contribution < -0.4 is 10.6 Å². The van der Waals surface area contributed by atoms with E-state index in [1.54, 1.807) is 0 Å². The monoisotopic (exact) mass is 344 g/mol. The van der Waals surface area contributed by atoms with E-state index < -0.39 is 18.0 Å². The predicted octanol–water partition coefficient (Wildman–Crippen LogP) is 1.34. The zero-order valence-corrected chi connectivity index (χ0v) is 14.6. The number of benzene rings is 1. The molecule has 0 unspecified atom stereocenters. The molecular weight excluding hydrogens is 320 g/mol. The van der Waals surface area contributed by atoms with Crippen LogP contribution in [-0.2, 0) is 25.6 Å². The maximum absolute atomic E-state index is 12.5. The molecule has 0 aliphatic rings. The number of nitrogens with one attached hydrogen (secondary N) is 2. The Kier molecular flexibility index (Phi) is 8.26. The van der Waals surface area contributed by atoms with E-state index >= 15 is 0 Å². The molecule has 6 nitrogen and oxygen atoms in total. The fourth-order valence-electron chi connectivity index (χ4n) is 2.34. The summed E-state index contributed by atoms with van der Waals surface area (Å²) in [5, 5.41) is 5.23. The lowest BCUT2D eigenvalue weighted by molar-refractivity contribution is -0.130. The molecule has 2 amide bonds. The maximum atomic E-state index is 12.5. The summed E-state index contributed by atoms with van der Waals surface area (Å²) in [7, 11) is 0. The van der Waals surface area contributed by atoms with Crippen molar-refractivity contribution in [1.82, 2.24) is 10.6 Å². The van der Waals surface area contributed by atoms with Crippen molar-refractivity contribution in [3.8, 4) is 0 Å². The zero-order valence-electron chi connectivity index (χ0n) is 14.6. The minimum absolute atomic E-state index is 0.123. The molecule has 6 heteroatoms. The van der Waals surface area contributed by atoms with Crippen molar-refractivity contribution in [1.29, 1.82) is 0 Å². The number of carbonyl (C=O) groups excluding carboxylic acids is 4. The molecule has 0 saturated carbocycles. The zero-order chi connectivity index (χ0) is 18.8. The third-order valence-corrected chi connectivity index (χ3v) is 3.69.